The Hall–Kier alpha value is -6.15. The second-order valence-corrected chi connectivity index (χ2v) is 12.4. The highest BCUT2D eigenvalue weighted by atomic mass is 15.6. The molecule has 0 aliphatic carbocycles. The first-order valence-corrected chi connectivity index (χ1v) is 16.7. The Morgan fingerprint density at radius 1 is 0.653 bits per heavy atom. The van der Waals surface area contributed by atoms with Crippen LogP contribution in [0.1, 0.15) is 47.0 Å². The number of benzene rings is 5. The minimum absolute atomic E-state index is 0.678. The number of aromatic nitrogens is 8. The van der Waals surface area contributed by atoms with E-state index in [1.54, 1.807) is 4.63 Å². The highest BCUT2D eigenvalue weighted by molar-refractivity contribution is 5.81. The third kappa shape index (κ3) is 5.22. The Labute approximate surface area is 285 Å². The fourth-order valence-corrected chi connectivity index (χ4v) is 7.05. The summed E-state index contributed by atoms with van der Waals surface area (Å²) in [5.41, 5.74) is 8.80. The van der Waals surface area contributed by atoms with Gasteiger partial charge in [-0.3, -0.25) is 0 Å². The van der Waals surface area contributed by atoms with Crippen molar-refractivity contribution in [3.8, 4) is 22.5 Å². The number of aryl methyl sites for hydroxylation is 2. The number of hydrogen-bond donors (Lipinski definition) is 0. The fourth-order valence-electron chi connectivity index (χ4n) is 7.05. The molecule has 5 aromatic carbocycles. The second kappa shape index (κ2) is 12.8. The van der Waals surface area contributed by atoms with Crippen LogP contribution in [-0.4, -0.2) is 39.6 Å². The maximum atomic E-state index is 4.78. The molecule has 8 aromatic rings. The number of hydrogen-bond acceptors (Lipinski definition) is 5. The van der Waals surface area contributed by atoms with Crippen LogP contribution in [0.3, 0.4) is 0 Å². The second-order valence-electron chi connectivity index (χ2n) is 12.4. The number of fused-ring (bicyclic) bond motifs is 1. The summed E-state index contributed by atoms with van der Waals surface area (Å²) in [4.78, 5) is 0. The van der Waals surface area contributed by atoms with Gasteiger partial charge < -0.3 is 4.57 Å². The summed E-state index contributed by atoms with van der Waals surface area (Å²) in [5.74, 6) is 1.73. The van der Waals surface area contributed by atoms with Crippen LogP contribution in [0.5, 0.6) is 0 Å². The number of nitrogens with zero attached hydrogens (tertiary/aromatic N) is 8. The Balaban J connectivity index is 1.25. The molecule has 3 aromatic heterocycles. The highest BCUT2D eigenvalue weighted by Crippen LogP contribution is 2.43. The molecule has 0 radical (unpaired) electrons. The minimum atomic E-state index is -0.836. The van der Waals surface area contributed by atoms with Crippen molar-refractivity contribution in [3.63, 3.8) is 0 Å². The van der Waals surface area contributed by atoms with Gasteiger partial charge in [0.1, 0.15) is 11.4 Å². The average Bonchev–Trinajstić information content (AvgIpc) is 3.88. The lowest BCUT2D eigenvalue weighted by Gasteiger charge is -2.36. The summed E-state index contributed by atoms with van der Waals surface area (Å²) in [6.45, 7) is 4.99. The van der Waals surface area contributed by atoms with Crippen LogP contribution in [0.4, 0.5) is 0 Å². The maximum absolute atomic E-state index is 4.78. The summed E-state index contributed by atoms with van der Waals surface area (Å²) in [6.07, 6.45) is 3.80. The Kier molecular flexibility index (Phi) is 7.89. The number of tetrazole rings is 1. The third-order valence-electron chi connectivity index (χ3n) is 9.29. The van der Waals surface area contributed by atoms with E-state index in [1.165, 1.54) is 5.56 Å². The summed E-state index contributed by atoms with van der Waals surface area (Å²) in [7, 11) is 0. The average molecular weight is 641 g/mol. The zero-order valence-electron chi connectivity index (χ0n) is 27.6. The van der Waals surface area contributed by atoms with Crippen LogP contribution in [0.15, 0.2) is 146 Å². The SMILES string of the molecule is CCCc1nn2ncc(C)c2n1Cc1ccc(-c2ccccc2-c2nnnn2C(c2ccccc2)(c2ccccc2)c2ccccc2)cc1. The molecule has 0 bridgehead atoms. The monoisotopic (exact) mass is 640 g/mol. The molecule has 0 amide bonds. The van der Waals surface area contributed by atoms with Crippen LogP contribution in [-0.2, 0) is 18.5 Å². The van der Waals surface area contributed by atoms with Gasteiger partial charge in [0.2, 0.25) is 0 Å². The molecular formula is C41H36N8. The molecule has 0 atom stereocenters. The van der Waals surface area contributed by atoms with Crippen molar-refractivity contribution in [1.82, 2.24) is 39.6 Å². The summed E-state index contributed by atoms with van der Waals surface area (Å²) < 4.78 is 6.04. The molecule has 0 N–H and O–H groups in total. The molecule has 8 rings (SSSR count). The van der Waals surface area contributed by atoms with Gasteiger partial charge in [-0.2, -0.15) is 5.10 Å². The van der Waals surface area contributed by atoms with E-state index in [2.05, 4.69) is 150 Å². The fraction of sp³-hybridized carbons (Fsp3) is 0.146. The molecular weight excluding hydrogens is 605 g/mol. The maximum Gasteiger partial charge on any atom is 0.184 e. The van der Waals surface area contributed by atoms with Gasteiger partial charge in [-0.15, -0.1) is 14.8 Å². The quantitative estimate of drug-likeness (QED) is 0.142. The van der Waals surface area contributed by atoms with E-state index >= 15 is 0 Å². The number of rotatable bonds is 10. The minimum Gasteiger partial charge on any atom is -0.307 e. The van der Waals surface area contributed by atoms with Gasteiger partial charge in [-0.1, -0.05) is 146 Å². The van der Waals surface area contributed by atoms with Gasteiger partial charge in [-0.05, 0) is 57.2 Å². The van der Waals surface area contributed by atoms with E-state index in [1.807, 2.05) is 29.1 Å². The first kappa shape index (κ1) is 30.2. The standard InChI is InChI=1S/C41H36N8/c1-3-15-38-44-49-40(30(2)28-42-49)47(38)29-31-24-26-32(27-25-31)36-22-13-14-23-37(36)39-43-45-46-48(39)41(33-16-7-4-8-17-33,34-18-9-5-10-19-34)35-20-11-6-12-21-35/h4-14,16-28H,3,15,29H2,1-2H3. The Morgan fingerprint density at radius 2 is 1.22 bits per heavy atom. The van der Waals surface area contributed by atoms with E-state index in [9.17, 15) is 0 Å². The molecule has 0 spiro atoms. The smallest absolute Gasteiger partial charge is 0.184 e. The van der Waals surface area contributed by atoms with Crippen molar-refractivity contribution in [1.29, 1.82) is 0 Å². The molecule has 0 saturated heterocycles. The van der Waals surface area contributed by atoms with Crippen molar-refractivity contribution < 1.29 is 0 Å². The van der Waals surface area contributed by atoms with Crippen molar-refractivity contribution in [2.75, 3.05) is 0 Å². The van der Waals surface area contributed by atoms with Gasteiger partial charge in [0.15, 0.2) is 11.5 Å². The zero-order valence-corrected chi connectivity index (χ0v) is 27.6. The summed E-state index contributed by atoms with van der Waals surface area (Å²) >= 11 is 0. The van der Waals surface area contributed by atoms with Crippen LogP contribution >= 0.6 is 0 Å². The van der Waals surface area contributed by atoms with Crippen molar-refractivity contribution in [2.45, 2.75) is 38.8 Å². The van der Waals surface area contributed by atoms with E-state index < -0.39 is 5.54 Å². The molecule has 8 nitrogen and oxygen atoms in total. The summed E-state index contributed by atoms with van der Waals surface area (Å²) in [5, 5.41) is 23.1. The molecule has 0 aliphatic rings. The van der Waals surface area contributed by atoms with E-state index in [0.29, 0.717) is 5.82 Å². The molecule has 0 fully saturated rings. The highest BCUT2D eigenvalue weighted by Gasteiger charge is 2.42. The molecule has 240 valence electrons. The largest absolute Gasteiger partial charge is 0.307 e. The van der Waals surface area contributed by atoms with Crippen LogP contribution in [0.25, 0.3) is 28.2 Å². The lowest BCUT2D eigenvalue weighted by Crippen LogP contribution is -2.39. The molecule has 0 saturated carbocycles. The van der Waals surface area contributed by atoms with Gasteiger partial charge in [0.05, 0.1) is 12.7 Å². The predicted octanol–water partition coefficient (Wildman–Crippen LogP) is 8.00. The third-order valence-corrected chi connectivity index (χ3v) is 9.29. The van der Waals surface area contributed by atoms with Gasteiger partial charge in [-0.25, -0.2) is 4.68 Å². The molecule has 49 heavy (non-hydrogen) atoms. The van der Waals surface area contributed by atoms with Crippen LogP contribution < -0.4 is 0 Å². The van der Waals surface area contributed by atoms with E-state index in [4.69, 9.17) is 15.4 Å². The van der Waals surface area contributed by atoms with Gasteiger partial charge >= 0.3 is 0 Å². The van der Waals surface area contributed by atoms with Crippen molar-refractivity contribution >= 4 is 5.65 Å². The predicted molar refractivity (Wildman–Crippen MR) is 192 cm³/mol. The van der Waals surface area contributed by atoms with Crippen LogP contribution in [0, 0.1) is 6.92 Å². The van der Waals surface area contributed by atoms with Crippen LogP contribution in [0.2, 0.25) is 0 Å². The first-order chi connectivity index (χ1) is 24.2. The van der Waals surface area contributed by atoms with E-state index in [0.717, 1.165) is 69.8 Å². The van der Waals surface area contributed by atoms with Crippen molar-refractivity contribution in [2.24, 2.45) is 0 Å². The van der Waals surface area contributed by atoms with Crippen molar-refractivity contribution in [3.05, 3.63) is 179 Å². The Bertz CT molecular complexity index is 2220. The van der Waals surface area contributed by atoms with Gasteiger partial charge in [0.25, 0.3) is 0 Å². The lowest BCUT2D eigenvalue weighted by atomic mass is 9.77. The summed E-state index contributed by atoms with van der Waals surface area (Å²) in [6, 6.07) is 48.7. The molecule has 0 aliphatic heterocycles. The molecule has 8 heteroatoms. The lowest BCUT2D eigenvalue weighted by molar-refractivity contribution is 0.451. The molecule has 0 unspecified atom stereocenters. The zero-order chi connectivity index (χ0) is 33.2. The van der Waals surface area contributed by atoms with E-state index in [-0.39, 0.29) is 0 Å². The Morgan fingerprint density at radius 3 is 1.82 bits per heavy atom. The normalized spacial score (nSPS) is 11.7. The molecule has 3 heterocycles. The topological polar surface area (TPSA) is 78.7 Å². The first-order valence-electron chi connectivity index (χ1n) is 16.7. The van der Waals surface area contributed by atoms with Gasteiger partial charge in [0, 0.05) is 17.5 Å².